The highest BCUT2D eigenvalue weighted by molar-refractivity contribution is 5.82. The summed E-state index contributed by atoms with van der Waals surface area (Å²) in [4.78, 5) is 11.6. The Balaban J connectivity index is 1.70. The van der Waals surface area contributed by atoms with Crippen molar-refractivity contribution in [1.29, 1.82) is 0 Å². The van der Waals surface area contributed by atoms with Gasteiger partial charge in [0.2, 0.25) is 0 Å². The van der Waals surface area contributed by atoms with E-state index in [2.05, 4.69) is 0 Å². The van der Waals surface area contributed by atoms with Gasteiger partial charge in [-0.15, -0.1) is 0 Å². The number of carbonyl (C=O) groups excluding carboxylic acids is 1. The average Bonchev–Trinajstić information content (AvgIpc) is 2.59. The van der Waals surface area contributed by atoms with Crippen molar-refractivity contribution in [2.45, 2.75) is 12.8 Å². The van der Waals surface area contributed by atoms with E-state index in [1.807, 2.05) is 18.2 Å². The van der Waals surface area contributed by atoms with E-state index in [4.69, 9.17) is 9.47 Å². The average molecular weight is 330 g/mol. The number of allylic oxidation sites excluding steroid dienone is 8. The number of rotatable bonds is 6. The molecule has 2 rings (SSSR count). The highest BCUT2D eigenvalue weighted by atomic mass is 16.5. The van der Waals surface area contributed by atoms with Gasteiger partial charge < -0.3 is 19.7 Å². The molecule has 2 aliphatic carbocycles. The zero-order chi connectivity index (χ0) is 17.4. The van der Waals surface area contributed by atoms with E-state index in [1.165, 1.54) is 13.2 Å². The Labute approximate surface area is 141 Å². The molecule has 0 aromatic carbocycles. The van der Waals surface area contributed by atoms with E-state index < -0.39 is 5.97 Å². The van der Waals surface area contributed by atoms with Crippen molar-refractivity contribution in [1.82, 2.24) is 0 Å². The Bertz CT molecular complexity index is 634. The van der Waals surface area contributed by atoms with Crippen molar-refractivity contribution in [3.8, 4) is 0 Å². The van der Waals surface area contributed by atoms with E-state index in [0.717, 1.165) is 0 Å². The molecule has 0 bridgehead atoms. The lowest BCUT2D eigenvalue weighted by atomic mass is 9.98. The lowest BCUT2D eigenvalue weighted by Crippen LogP contribution is -2.06. The van der Waals surface area contributed by atoms with Gasteiger partial charge >= 0.3 is 5.97 Å². The van der Waals surface area contributed by atoms with Crippen LogP contribution in [0.25, 0.3) is 0 Å². The molecule has 2 N–H and O–H groups in total. The van der Waals surface area contributed by atoms with Crippen molar-refractivity contribution < 1.29 is 24.5 Å². The summed E-state index contributed by atoms with van der Waals surface area (Å²) in [6, 6.07) is 0. The van der Waals surface area contributed by atoms with Gasteiger partial charge in [0.25, 0.3) is 0 Å². The predicted molar refractivity (Wildman–Crippen MR) is 91.1 cm³/mol. The number of aliphatic hydroxyl groups excluding tert-OH is 2. The van der Waals surface area contributed by atoms with Crippen LogP contribution in [0.15, 0.2) is 72.0 Å². The van der Waals surface area contributed by atoms with Crippen molar-refractivity contribution >= 4 is 5.97 Å². The van der Waals surface area contributed by atoms with Gasteiger partial charge in [-0.1, -0.05) is 30.4 Å². The van der Waals surface area contributed by atoms with Gasteiger partial charge in [0, 0.05) is 18.4 Å². The first kappa shape index (κ1) is 17.7. The second-order valence-electron chi connectivity index (χ2n) is 5.54. The third-order valence-corrected chi connectivity index (χ3v) is 3.75. The predicted octanol–water partition coefficient (Wildman–Crippen LogP) is 3.65. The van der Waals surface area contributed by atoms with Crippen LogP contribution in [-0.2, 0) is 14.3 Å². The number of hydrogen-bond donors (Lipinski definition) is 2. The van der Waals surface area contributed by atoms with Crippen LogP contribution in [0, 0.1) is 11.8 Å². The van der Waals surface area contributed by atoms with Gasteiger partial charge in [0.1, 0.15) is 18.1 Å². The van der Waals surface area contributed by atoms with Gasteiger partial charge in [-0.2, -0.15) is 0 Å². The van der Waals surface area contributed by atoms with E-state index in [9.17, 15) is 15.0 Å². The summed E-state index contributed by atoms with van der Waals surface area (Å²) in [6.07, 6.45) is 16.7. The fourth-order valence-electron chi connectivity index (χ4n) is 2.39. The minimum atomic E-state index is -0.402. The van der Waals surface area contributed by atoms with Gasteiger partial charge in [-0.05, 0) is 30.6 Å². The molecule has 0 saturated carbocycles. The van der Waals surface area contributed by atoms with Crippen LogP contribution < -0.4 is 0 Å². The summed E-state index contributed by atoms with van der Waals surface area (Å²) < 4.78 is 10.2. The first-order valence-electron chi connectivity index (χ1n) is 7.81. The van der Waals surface area contributed by atoms with Crippen LogP contribution in [0.3, 0.4) is 0 Å². The molecule has 0 amide bonds. The summed E-state index contributed by atoms with van der Waals surface area (Å²) in [5, 5.41) is 18.8. The minimum absolute atomic E-state index is 0.100. The van der Waals surface area contributed by atoms with Crippen LogP contribution in [0.5, 0.6) is 0 Å². The molecule has 5 nitrogen and oxygen atoms in total. The molecule has 0 radical (unpaired) electrons. The Morgan fingerprint density at radius 1 is 1.25 bits per heavy atom. The highest BCUT2D eigenvalue weighted by Crippen LogP contribution is 2.23. The Kier molecular flexibility index (Phi) is 6.49. The number of carbonyl (C=O) groups is 1. The maximum Gasteiger partial charge on any atom is 0.330 e. The maximum atomic E-state index is 11.6. The molecule has 2 unspecified atom stereocenters. The molecule has 0 spiro atoms. The van der Waals surface area contributed by atoms with Gasteiger partial charge in [0.05, 0.1) is 7.11 Å². The number of hydrogen-bond acceptors (Lipinski definition) is 5. The molecule has 24 heavy (non-hydrogen) atoms. The third kappa shape index (κ3) is 5.50. The van der Waals surface area contributed by atoms with Crippen LogP contribution in [0.4, 0.5) is 0 Å². The lowest BCUT2D eigenvalue weighted by Gasteiger charge is -2.16. The number of ether oxygens (including phenoxy) is 2. The molecule has 0 aromatic rings. The van der Waals surface area contributed by atoms with E-state index >= 15 is 0 Å². The van der Waals surface area contributed by atoms with E-state index in [0.29, 0.717) is 18.6 Å². The number of methoxy groups -OCH3 is 1. The van der Waals surface area contributed by atoms with Crippen molar-refractivity contribution in [3.63, 3.8) is 0 Å². The monoisotopic (exact) mass is 330 g/mol. The van der Waals surface area contributed by atoms with Crippen LogP contribution in [0.1, 0.15) is 12.8 Å². The van der Waals surface area contributed by atoms with Crippen LogP contribution in [0.2, 0.25) is 0 Å². The molecule has 0 saturated heterocycles. The SMILES string of the molecule is COC1=C(O)C=CC(/C=C/COC(=O)/C=C/C2C=CC(O)=CC2)C1. The zero-order valence-electron chi connectivity index (χ0n) is 13.6. The number of esters is 1. The number of aliphatic hydroxyl groups is 2. The highest BCUT2D eigenvalue weighted by Gasteiger charge is 2.14. The molecule has 128 valence electrons. The summed E-state index contributed by atoms with van der Waals surface area (Å²) in [6.45, 7) is 0.187. The largest absolute Gasteiger partial charge is 0.508 e. The molecule has 2 aliphatic rings. The second-order valence-corrected chi connectivity index (χ2v) is 5.54. The lowest BCUT2D eigenvalue weighted by molar-refractivity contribution is -0.136. The zero-order valence-corrected chi connectivity index (χ0v) is 13.6. The summed E-state index contributed by atoms with van der Waals surface area (Å²) in [5.74, 6) is 0.761. The Morgan fingerprint density at radius 2 is 2.04 bits per heavy atom. The summed E-state index contributed by atoms with van der Waals surface area (Å²) in [7, 11) is 1.53. The first-order valence-corrected chi connectivity index (χ1v) is 7.81. The van der Waals surface area contributed by atoms with Gasteiger partial charge in [-0.3, -0.25) is 0 Å². The van der Waals surface area contributed by atoms with Gasteiger partial charge in [0.15, 0.2) is 5.76 Å². The fraction of sp³-hybridized carbons (Fsp3) is 0.316. The summed E-state index contributed by atoms with van der Waals surface area (Å²) >= 11 is 0. The van der Waals surface area contributed by atoms with Crippen molar-refractivity contribution in [2.75, 3.05) is 13.7 Å². The molecule has 2 atom stereocenters. The van der Waals surface area contributed by atoms with Crippen molar-refractivity contribution in [2.24, 2.45) is 11.8 Å². The molecular formula is C19H22O5. The Morgan fingerprint density at radius 3 is 2.75 bits per heavy atom. The van der Waals surface area contributed by atoms with Gasteiger partial charge in [-0.25, -0.2) is 4.79 Å². The molecule has 0 heterocycles. The fourth-order valence-corrected chi connectivity index (χ4v) is 2.39. The molecule has 0 aromatic heterocycles. The smallest absolute Gasteiger partial charge is 0.330 e. The standard InChI is InChI=1S/C19H22O5/c1-23-18-13-15(6-10-17(18)21)3-2-12-24-19(22)11-7-14-4-8-16(20)9-5-14/h2-4,6-11,14-15,20-21H,5,12-13H2,1H3/b3-2+,11-7+. The quantitative estimate of drug-likeness (QED) is 0.442. The van der Waals surface area contributed by atoms with Crippen LogP contribution in [-0.4, -0.2) is 29.9 Å². The summed E-state index contributed by atoms with van der Waals surface area (Å²) in [5.41, 5.74) is 0. The van der Waals surface area contributed by atoms with E-state index in [-0.39, 0.29) is 30.0 Å². The third-order valence-electron chi connectivity index (χ3n) is 3.75. The Hall–Kier alpha value is -2.69. The second kappa shape index (κ2) is 8.82. The molecular weight excluding hydrogens is 308 g/mol. The maximum absolute atomic E-state index is 11.6. The molecule has 0 fully saturated rings. The molecule has 5 heteroatoms. The van der Waals surface area contributed by atoms with Crippen molar-refractivity contribution in [3.05, 3.63) is 72.0 Å². The first-order chi connectivity index (χ1) is 11.6. The topological polar surface area (TPSA) is 76.0 Å². The van der Waals surface area contributed by atoms with E-state index in [1.54, 1.807) is 30.4 Å². The normalized spacial score (nSPS) is 23.8. The van der Waals surface area contributed by atoms with Crippen LogP contribution >= 0.6 is 0 Å². The minimum Gasteiger partial charge on any atom is -0.508 e. The molecule has 0 aliphatic heterocycles.